The predicted octanol–water partition coefficient (Wildman–Crippen LogP) is 3.04. The van der Waals surface area contributed by atoms with Gasteiger partial charge < -0.3 is 19.5 Å². The molecule has 0 bridgehead atoms. The van der Waals surface area contributed by atoms with Gasteiger partial charge in [0.2, 0.25) is 0 Å². The Morgan fingerprint density at radius 1 is 0.958 bits per heavy atom. The van der Waals surface area contributed by atoms with Gasteiger partial charge in [-0.2, -0.15) is 0 Å². The number of hydrogen-bond donors (Lipinski definition) is 1. The summed E-state index contributed by atoms with van der Waals surface area (Å²) >= 11 is 0. The molecule has 0 aliphatic carbocycles. The summed E-state index contributed by atoms with van der Waals surface area (Å²) in [4.78, 5) is 12.0. The van der Waals surface area contributed by atoms with E-state index in [2.05, 4.69) is 5.32 Å². The standard InChI is InChI=1S/C19H23NO4/c1-3-23-17-8-10-18(11-9-17)24-13-12-20-19(21)16-6-4-15(5-7-16)14-22-2/h4-11H,3,12-14H2,1-2H3,(H,20,21). The molecule has 0 atom stereocenters. The fraction of sp³-hybridized carbons (Fsp3) is 0.316. The summed E-state index contributed by atoms with van der Waals surface area (Å²) in [6.07, 6.45) is 0. The first-order valence-electron chi connectivity index (χ1n) is 7.94. The zero-order chi connectivity index (χ0) is 17.2. The summed E-state index contributed by atoms with van der Waals surface area (Å²) in [7, 11) is 1.64. The number of rotatable bonds is 9. The van der Waals surface area contributed by atoms with E-state index in [-0.39, 0.29) is 5.91 Å². The normalized spacial score (nSPS) is 10.2. The van der Waals surface area contributed by atoms with Crippen LogP contribution >= 0.6 is 0 Å². The van der Waals surface area contributed by atoms with Gasteiger partial charge in [-0.3, -0.25) is 4.79 Å². The number of ether oxygens (including phenoxy) is 3. The van der Waals surface area contributed by atoms with Crippen molar-refractivity contribution in [1.29, 1.82) is 0 Å². The lowest BCUT2D eigenvalue weighted by atomic mass is 10.1. The van der Waals surface area contributed by atoms with Crippen molar-refractivity contribution in [3.8, 4) is 11.5 Å². The second kappa shape index (κ2) is 9.57. The van der Waals surface area contributed by atoms with E-state index in [1.54, 1.807) is 19.2 Å². The van der Waals surface area contributed by atoms with Crippen LogP contribution in [0.1, 0.15) is 22.8 Å². The Kier molecular flexibility index (Phi) is 7.11. The van der Waals surface area contributed by atoms with Gasteiger partial charge in [-0.05, 0) is 48.9 Å². The fourth-order valence-electron chi connectivity index (χ4n) is 2.15. The molecule has 0 saturated carbocycles. The second-order valence-electron chi connectivity index (χ2n) is 5.14. The quantitative estimate of drug-likeness (QED) is 0.719. The van der Waals surface area contributed by atoms with Crippen LogP contribution in [0.15, 0.2) is 48.5 Å². The van der Waals surface area contributed by atoms with Gasteiger partial charge in [0.25, 0.3) is 5.91 Å². The molecule has 128 valence electrons. The Bertz CT molecular complexity index is 623. The molecule has 0 spiro atoms. The van der Waals surface area contributed by atoms with Crippen LogP contribution in [0.3, 0.4) is 0 Å². The van der Waals surface area contributed by atoms with Crippen molar-refractivity contribution in [1.82, 2.24) is 5.32 Å². The van der Waals surface area contributed by atoms with Crippen molar-refractivity contribution in [3.05, 3.63) is 59.7 Å². The highest BCUT2D eigenvalue weighted by Crippen LogP contribution is 2.17. The monoisotopic (exact) mass is 329 g/mol. The lowest BCUT2D eigenvalue weighted by Crippen LogP contribution is -2.28. The first-order chi connectivity index (χ1) is 11.7. The van der Waals surface area contributed by atoms with Crippen molar-refractivity contribution < 1.29 is 19.0 Å². The first-order valence-corrected chi connectivity index (χ1v) is 7.94. The van der Waals surface area contributed by atoms with E-state index in [0.29, 0.717) is 31.9 Å². The van der Waals surface area contributed by atoms with Crippen LogP contribution in [0, 0.1) is 0 Å². The predicted molar refractivity (Wildman–Crippen MR) is 92.6 cm³/mol. The van der Waals surface area contributed by atoms with E-state index in [9.17, 15) is 4.79 Å². The van der Waals surface area contributed by atoms with Crippen LogP contribution in [-0.2, 0) is 11.3 Å². The third-order valence-corrected chi connectivity index (χ3v) is 3.32. The van der Waals surface area contributed by atoms with Gasteiger partial charge >= 0.3 is 0 Å². The van der Waals surface area contributed by atoms with E-state index in [1.807, 2.05) is 43.3 Å². The number of benzene rings is 2. The summed E-state index contributed by atoms with van der Waals surface area (Å²) in [6.45, 7) is 3.96. The first kappa shape index (κ1) is 17.8. The summed E-state index contributed by atoms with van der Waals surface area (Å²) in [6, 6.07) is 14.8. The largest absolute Gasteiger partial charge is 0.494 e. The molecule has 0 fully saturated rings. The van der Waals surface area contributed by atoms with E-state index >= 15 is 0 Å². The van der Waals surface area contributed by atoms with Gasteiger partial charge in [-0.1, -0.05) is 12.1 Å². The highest BCUT2D eigenvalue weighted by molar-refractivity contribution is 5.94. The Morgan fingerprint density at radius 3 is 2.17 bits per heavy atom. The van der Waals surface area contributed by atoms with E-state index in [1.165, 1.54) is 0 Å². The molecule has 0 radical (unpaired) electrons. The molecular formula is C19H23NO4. The third-order valence-electron chi connectivity index (χ3n) is 3.32. The summed E-state index contributed by atoms with van der Waals surface area (Å²) < 4.78 is 16.0. The Labute approximate surface area is 142 Å². The summed E-state index contributed by atoms with van der Waals surface area (Å²) in [5.74, 6) is 1.45. The van der Waals surface area contributed by atoms with Gasteiger partial charge in [0.15, 0.2) is 0 Å². The van der Waals surface area contributed by atoms with E-state index in [4.69, 9.17) is 14.2 Å². The molecule has 5 nitrogen and oxygen atoms in total. The maximum atomic E-state index is 12.0. The summed E-state index contributed by atoms with van der Waals surface area (Å²) in [5, 5.41) is 2.83. The SMILES string of the molecule is CCOc1ccc(OCCNC(=O)c2ccc(COC)cc2)cc1. The molecule has 2 aromatic rings. The van der Waals surface area contributed by atoms with Crippen molar-refractivity contribution in [2.75, 3.05) is 26.9 Å². The highest BCUT2D eigenvalue weighted by Gasteiger charge is 2.05. The van der Waals surface area contributed by atoms with Gasteiger partial charge in [0.05, 0.1) is 19.8 Å². The maximum Gasteiger partial charge on any atom is 0.251 e. The lowest BCUT2D eigenvalue weighted by molar-refractivity contribution is 0.0947. The molecule has 0 heterocycles. The third kappa shape index (κ3) is 5.59. The van der Waals surface area contributed by atoms with Crippen molar-refractivity contribution in [2.45, 2.75) is 13.5 Å². The zero-order valence-electron chi connectivity index (χ0n) is 14.1. The Balaban J connectivity index is 1.72. The van der Waals surface area contributed by atoms with Gasteiger partial charge in [-0.15, -0.1) is 0 Å². The minimum absolute atomic E-state index is 0.116. The Hall–Kier alpha value is -2.53. The summed E-state index contributed by atoms with van der Waals surface area (Å²) in [5.41, 5.74) is 1.66. The smallest absolute Gasteiger partial charge is 0.251 e. The maximum absolute atomic E-state index is 12.0. The molecule has 0 saturated heterocycles. The number of carbonyl (C=O) groups is 1. The molecule has 2 aromatic carbocycles. The molecule has 1 amide bonds. The molecular weight excluding hydrogens is 306 g/mol. The van der Waals surface area contributed by atoms with Crippen LogP contribution in [0.4, 0.5) is 0 Å². The molecule has 0 aliphatic rings. The number of methoxy groups -OCH3 is 1. The number of carbonyl (C=O) groups excluding carboxylic acids is 1. The van der Waals surface area contributed by atoms with Crippen LogP contribution in [0.25, 0.3) is 0 Å². The minimum atomic E-state index is -0.116. The fourth-order valence-corrected chi connectivity index (χ4v) is 2.15. The number of hydrogen-bond acceptors (Lipinski definition) is 4. The van der Waals surface area contributed by atoms with E-state index < -0.39 is 0 Å². The second-order valence-corrected chi connectivity index (χ2v) is 5.14. The number of nitrogens with one attached hydrogen (secondary N) is 1. The topological polar surface area (TPSA) is 56.8 Å². The van der Waals surface area contributed by atoms with Crippen molar-refractivity contribution >= 4 is 5.91 Å². The molecule has 5 heteroatoms. The average molecular weight is 329 g/mol. The lowest BCUT2D eigenvalue weighted by Gasteiger charge is -2.09. The van der Waals surface area contributed by atoms with Crippen LogP contribution in [-0.4, -0.2) is 32.8 Å². The van der Waals surface area contributed by atoms with Gasteiger partial charge in [-0.25, -0.2) is 0 Å². The molecule has 0 aliphatic heterocycles. The molecule has 1 N–H and O–H groups in total. The average Bonchev–Trinajstić information content (AvgIpc) is 2.61. The van der Waals surface area contributed by atoms with Crippen LogP contribution in [0.2, 0.25) is 0 Å². The molecule has 2 rings (SSSR count). The van der Waals surface area contributed by atoms with Crippen LogP contribution in [0.5, 0.6) is 11.5 Å². The number of amides is 1. The van der Waals surface area contributed by atoms with Crippen LogP contribution < -0.4 is 14.8 Å². The van der Waals surface area contributed by atoms with Crippen molar-refractivity contribution in [3.63, 3.8) is 0 Å². The van der Waals surface area contributed by atoms with Crippen molar-refractivity contribution in [2.24, 2.45) is 0 Å². The molecule has 0 unspecified atom stereocenters. The van der Waals surface area contributed by atoms with E-state index in [0.717, 1.165) is 17.1 Å². The van der Waals surface area contributed by atoms with Gasteiger partial charge in [0, 0.05) is 12.7 Å². The minimum Gasteiger partial charge on any atom is -0.494 e. The molecule has 0 aromatic heterocycles. The highest BCUT2D eigenvalue weighted by atomic mass is 16.5. The Morgan fingerprint density at radius 2 is 1.58 bits per heavy atom. The molecule has 24 heavy (non-hydrogen) atoms. The van der Waals surface area contributed by atoms with Gasteiger partial charge in [0.1, 0.15) is 18.1 Å². The zero-order valence-corrected chi connectivity index (χ0v) is 14.1.